The molecule has 1 aliphatic rings. The Hall–Kier alpha value is -0.840. The molecule has 4 nitrogen and oxygen atoms in total. The Morgan fingerprint density at radius 2 is 2.19 bits per heavy atom. The van der Waals surface area contributed by atoms with Gasteiger partial charge in [-0.05, 0) is 45.0 Å². The number of nitrogens with one attached hydrogen (secondary N) is 2. The summed E-state index contributed by atoms with van der Waals surface area (Å²) < 4.78 is 5.45. The van der Waals surface area contributed by atoms with Crippen molar-refractivity contribution >= 4 is 0 Å². The highest BCUT2D eigenvalue weighted by atomic mass is 16.3. The van der Waals surface area contributed by atoms with Crippen molar-refractivity contribution in [1.29, 1.82) is 0 Å². The highest BCUT2D eigenvalue weighted by molar-refractivity contribution is 5.05. The maximum Gasteiger partial charge on any atom is 0.117 e. The molecule has 16 heavy (non-hydrogen) atoms. The van der Waals surface area contributed by atoms with Gasteiger partial charge < -0.3 is 20.2 Å². The third kappa shape index (κ3) is 3.07. The number of aliphatic hydroxyl groups is 1. The Labute approximate surface area is 96.0 Å². The van der Waals surface area contributed by atoms with Gasteiger partial charge >= 0.3 is 0 Å². The third-order valence-electron chi connectivity index (χ3n) is 3.08. The molecule has 1 aromatic heterocycles. The van der Waals surface area contributed by atoms with Crippen LogP contribution < -0.4 is 10.6 Å². The largest absolute Gasteiger partial charge is 0.465 e. The summed E-state index contributed by atoms with van der Waals surface area (Å²) in [4.78, 5) is 0. The number of piperidine rings is 1. The highest BCUT2D eigenvalue weighted by Gasteiger charge is 2.28. The molecular weight excluding hydrogens is 204 g/mol. The van der Waals surface area contributed by atoms with Crippen LogP contribution in [0.1, 0.15) is 24.4 Å². The summed E-state index contributed by atoms with van der Waals surface area (Å²) >= 11 is 0. The van der Waals surface area contributed by atoms with E-state index in [1.807, 2.05) is 19.1 Å². The van der Waals surface area contributed by atoms with Crippen LogP contribution in [0.4, 0.5) is 0 Å². The first-order valence-electron chi connectivity index (χ1n) is 5.87. The maximum atomic E-state index is 10.2. The first-order valence-corrected chi connectivity index (χ1v) is 5.87. The van der Waals surface area contributed by atoms with Gasteiger partial charge in [0.05, 0.1) is 12.1 Å². The zero-order chi connectivity index (χ0) is 11.4. The SMILES string of the molecule is Cc1ccc(CNCC2(O)CCNCC2)o1. The lowest BCUT2D eigenvalue weighted by Gasteiger charge is -2.32. The minimum atomic E-state index is -0.549. The van der Waals surface area contributed by atoms with Crippen LogP contribution in [0.2, 0.25) is 0 Å². The van der Waals surface area contributed by atoms with Gasteiger partial charge in [0, 0.05) is 6.54 Å². The van der Waals surface area contributed by atoms with E-state index in [9.17, 15) is 5.11 Å². The molecule has 1 fully saturated rings. The summed E-state index contributed by atoms with van der Waals surface area (Å²) in [5, 5.41) is 16.7. The van der Waals surface area contributed by atoms with Gasteiger partial charge in [-0.15, -0.1) is 0 Å². The van der Waals surface area contributed by atoms with Gasteiger partial charge in [-0.2, -0.15) is 0 Å². The van der Waals surface area contributed by atoms with E-state index >= 15 is 0 Å². The lowest BCUT2D eigenvalue weighted by atomic mass is 9.92. The molecule has 0 aliphatic carbocycles. The van der Waals surface area contributed by atoms with Crippen LogP contribution in [-0.2, 0) is 6.54 Å². The van der Waals surface area contributed by atoms with Crippen LogP contribution in [0.3, 0.4) is 0 Å². The van der Waals surface area contributed by atoms with Crippen LogP contribution in [-0.4, -0.2) is 30.3 Å². The minimum Gasteiger partial charge on any atom is -0.465 e. The third-order valence-corrected chi connectivity index (χ3v) is 3.08. The van der Waals surface area contributed by atoms with Crippen LogP contribution in [0.15, 0.2) is 16.5 Å². The fraction of sp³-hybridized carbons (Fsp3) is 0.667. The van der Waals surface area contributed by atoms with E-state index < -0.39 is 5.60 Å². The number of rotatable bonds is 4. The summed E-state index contributed by atoms with van der Waals surface area (Å²) in [5.74, 6) is 1.85. The molecule has 2 heterocycles. The van der Waals surface area contributed by atoms with Gasteiger partial charge in [0.2, 0.25) is 0 Å². The van der Waals surface area contributed by atoms with E-state index in [1.54, 1.807) is 0 Å². The number of hydrogen-bond acceptors (Lipinski definition) is 4. The zero-order valence-electron chi connectivity index (χ0n) is 9.75. The van der Waals surface area contributed by atoms with Gasteiger partial charge in [0.15, 0.2) is 0 Å². The van der Waals surface area contributed by atoms with Crippen molar-refractivity contribution in [2.24, 2.45) is 0 Å². The zero-order valence-corrected chi connectivity index (χ0v) is 9.75. The van der Waals surface area contributed by atoms with Crippen LogP contribution in [0, 0.1) is 6.92 Å². The monoisotopic (exact) mass is 224 g/mol. The van der Waals surface area contributed by atoms with Gasteiger partial charge in [-0.3, -0.25) is 0 Å². The highest BCUT2D eigenvalue weighted by Crippen LogP contribution is 2.16. The number of furan rings is 1. The van der Waals surface area contributed by atoms with E-state index in [4.69, 9.17) is 4.42 Å². The lowest BCUT2D eigenvalue weighted by Crippen LogP contribution is -2.48. The van der Waals surface area contributed by atoms with Crippen LogP contribution in [0.5, 0.6) is 0 Å². The van der Waals surface area contributed by atoms with E-state index in [0.717, 1.165) is 37.5 Å². The van der Waals surface area contributed by atoms with E-state index in [-0.39, 0.29) is 0 Å². The van der Waals surface area contributed by atoms with Crippen molar-refractivity contribution in [3.63, 3.8) is 0 Å². The summed E-state index contributed by atoms with van der Waals surface area (Å²) in [5.41, 5.74) is -0.549. The Bertz CT molecular complexity index is 330. The number of hydrogen-bond donors (Lipinski definition) is 3. The minimum absolute atomic E-state index is 0.549. The Morgan fingerprint density at radius 3 is 2.81 bits per heavy atom. The second kappa shape index (κ2) is 4.99. The molecule has 4 heteroatoms. The average Bonchev–Trinajstić information content (AvgIpc) is 2.65. The molecule has 0 radical (unpaired) electrons. The summed E-state index contributed by atoms with van der Waals surface area (Å²) in [6.07, 6.45) is 1.63. The Balaban J connectivity index is 1.74. The average molecular weight is 224 g/mol. The van der Waals surface area contributed by atoms with Crippen molar-refractivity contribution in [1.82, 2.24) is 10.6 Å². The molecule has 3 N–H and O–H groups in total. The first-order chi connectivity index (χ1) is 7.68. The molecule has 1 aromatic rings. The normalized spacial score (nSPS) is 19.9. The molecule has 2 rings (SSSR count). The molecular formula is C12H20N2O2. The van der Waals surface area contributed by atoms with Gasteiger partial charge in [0.1, 0.15) is 11.5 Å². The van der Waals surface area contributed by atoms with Crippen molar-refractivity contribution in [3.05, 3.63) is 23.7 Å². The standard InChI is InChI=1S/C12H20N2O2/c1-10-2-3-11(16-10)8-14-9-12(15)4-6-13-7-5-12/h2-3,13-15H,4-9H2,1H3. The Morgan fingerprint density at radius 1 is 1.44 bits per heavy atom. The molecule has 0 spiro atoms. The lowest BCUT2D eigenvalue weighted by molar-refractivity contribution is 0.0106. The predicted octanol–water partition coefficient (Wildman–Crippen LogP) is 0.792. The molecule has 1 aliphatic heterocycles. The second-order valence-electron chi connectivity index (χ2n) is 4.59. The first kappa shape index (κ1) is 11.6. The van der Waals surface area contributed by atoms with Crippen LogP contribution >= 0.6 is 0 Å². The molecule has 0 bridgehead atoms. The fourth-order valence-electron chi connectivity index (χ4n) is 2.07. The van der Waals surface area contributed by atoms with Crippen molar-refractivity contribution in [3.8, 4) is 0 Å². The molecule has 0 saturated carbocycles. The van der Waals surface area contributed by atoms with Crippen LogP contribution in [0.25, 0.3) is 0 Å². The summed E-state index contributed by atoms with van der Waals surface area (Å²) in [6.45, 7) is 5.05. The second-order valence-corrected chi connectivity index (χ2v) is 4.59. The topological polar surface area (TPSA) is 57.4 Å². The predicted molar refractivity (Wildman–Crippen MR) is 62.2 cm³/mol. The molecule has 0 atom stereocenters. The molecule has 90 valence electrons. The smallest absolute Gasteiger partial charge is 0.117 e. The quantitative estimate of drug-likeness (QED) is 0.708. The molecule has 0 amide bonds. The summed E-state index contributed by atoms with van der Waals surface area (Å²) in [7, 11) is 0. The molecule has 1 saturated heterocycles. The van der Waals surface area contributed by atoms with Gasteiger partial charge in [0.25, 0.3) is 0 Å². The Kier molecular flexibility index (Phi) is 3.63. The van der Waals surface area contributed by atoms with E-state index in [1.165, 1.54) is 0 Å². The maximum absolute atomic E-state index is 10.2. The van der Waals surface area contributed by atoms with Gasteiger partial charge in [-0.25, -0.2) is 0 Å². The van der Waals surface area contributed by atoms with E-state index in [0.29, 0.717) is 13.1 Å². The molecule has 0 unspecified atom stereocenters. The van der Waals surface area contributed by atoms with Crippen molar-refractivity contribution in [2.45, 2.75) is 31.9 Å². The van der Waals surface area contributed by atoms with Gasteiger partial charge in [-0.1, -0.05) is 0 Å². The van der Waals surface area contributed by atoms with E-state index in [2.05, 4.69) is 10.6 Å². The fourth-order valence-corrected chi connectivity index (χ4v) is 2.07. The molecule has 0 aromatic carbocycles. The van der Waals surface area contributed by atoms with Crippen molar-refractivity contribution < 1.29 is 9.52 Å². The van der Waals surface area contributed by atoms with Crippen molar-refractivity contribution in [2.75, 3.05) is 19.6 Å². The number of aryl methyl sites for hydroxylation is 1. The summed E-state index contributed by atoms with van der Waals surface area (Å²) in [6, 6.07) is 3.92.